The van der Waals surface area contributed by atoms with Gasteiger partial charge >= 0.3 is 0 Å². The lowest BCUT2D eigenvalue weighted by Crippen LogP contribution is -2.36. The highest BCUT2D eigenvalue weighted by atomic mass is 15.2. The van der Waals surface area contributed by atoms with Crippen molar-refractivity contribution in [2.24, 2.45) is 0 Å². The highest BCUT2D eigenvalue weighted by Crippen LogP contribution is 2.16. The molecule has 0 atom stereocenters. The second kappa shape index (κ2) is 18.7. The molecule has 0 radical (unpaired) electrons. The third-order valence-corrected chi connectivity index (χ3v) is 8.47. The summed E-state index contributed by atoms with van der Waals surface area (Å²) >= 11 is 0. The summed E-state index contributed by atoms with van der Waals surface area (Å²) in [6.45, 7) is 10.8. The molecule has 0 spiro atoms. The molecule has 0 aliphatic carbocycles. The van der Waals surface area contributed by atoms with Gasteiger partial charge in [-0.15, -0.1) is 0 Å². The Hall–Kier alpha value is -2.82. The highest BCUT2D eigenvalue weighted by Gasteiger charge is 2.13. The van der Waals surface area contributed by atoms with E-state index in [1.165, 1.54) is 99.2 Å². The second-order valence-electron chi connectivity index (χ2n) is 12.1. The van der Waals surface area contributed by atoms with Crippen molar-refractivity contribution in [3.63, 3.8) is 0 Å². The maximum Gasteiger partial charge on any atom is 0.0705 e. The molecule has 2 aromatic carbocycles. The van der Waals surface area contributed by atoms with Gasteiger partial charge in [0.1, 0.15) is 0 Å². The zero-order valence-electron chi connectivity index (χ0n) is 26.4. The molecule has 0 N–H and O–H groups in total. The lowest BCUT2D eigenvalue weighted by Gasteiger charge is -2.28. The number of nitrogens with zero attached hydrogens (tertiary/aromatic N) is 4. The Morgan fingerprint density at radius 2 is 0.833 bits per heavy atom. The maximum atomic E-state index is 5.03. The average Bonchev–Trinajstić information content (AvgIpc) is 3.02. The number of hydrogen-bond acceptors (Lipinski definition) is 4. The molecule has 2 heterocycles. The number of benzene rings is 2. The molecule has 0 aliphatic heterocycles. The van der Waals surface area contributed by atoms with Gasteiger partial charge in [-0.05, 0) is 50.2 Å². The lowest BCUT2D eigenvalue weighted by atomic mass is 10.1. The van der Waals surface area contributed by atoms with Crippen molar-refractivity contribution in [1.82, 2.24) is 19.8 Å². The van der Waals surface area contributed by atoms with Crippen molar-refractivity contribution in [2.75, 3.05) is 26.2 Å². The van der Waals surface area contributed by atoms with Crippen LogP contribution in [0.5, 0.6) is 0 Å². The molecule has 0 saturated carbocycles. The smallest absolute Gasteiger partial charge is 0.0705 e. The van der Waals surface area contributed by atoms with E-state index in [2.05, 4.69) is 96.4 Å². The molecule has 4 aromatic rings. The summed E-state index contributed by atoms with van der Waals surface area (Å²) in [6, 6.07) is 25.9. The predicted octanol–water partition coefficient (Wildman–Crippen LogP) is 9.81. The standard InChI is InChI=1S/C38H54N4/c1-3-5-7-9-11-17-27-41(31-35-25-23-33-19-13-15-21-37(33)39-35)29-30-42(28-18-12-10-8-6-4-2)32-36-26-24-34-20-14-16-22-38(34)40-36/h13-16,19-26H,3-12,17-18,27-32H2,1-2H3. The number of aromatic nitrogens is 2. The van der Waals surface area contributed by atoms with Gasteiger partial charge in [0.2, 0.25) is 0 Å². The van der Waals surface area contributed by atoms with Gasteiger partial charge in [-0.3, -0.25) is 19.8 Å². The minimum atomic E-state index is 0.916. The van der Waals surface area contributed by atoms with Gasteiger partial charge < -0.3 is 0 Å². The van der Waals surface area contributed by atoms with Gasteiger partial charge in [0.05, 0.1) is 22.4 Å². The highest BCUT2D eigenvalue weighted by molar-refractivity contribution is 5.79. The van der Waals surface area contributed by atoms with Crippen LogP contribution in [0.15, 0.2) is 72.8 Å². The topological polar surface area (TPSA) is 32.3 Å². The summed E-state index contributed by atoms with van der Waals surface area (Å²) in [5.41, 5.74) is 4.56. The van der Waals surface area contributed by atoms with E-state index in [-0.39, 0.29) is 0 Å². The van der Waals surface area contributed by atoms with Gasteiger partial charge in [0, 0.05) is 37.0 Å². The van der Waals surface area contributed by atoms with E-state index in [9.17, 15) is 0 Å². The Morgan fingerprint density at radius 3 is 1.29 bits per heavy atom. The van der Waals surface area contributed by atoms with E-state index in [0.29, 0.717) is 0 Å². The zero-order chi connectivity index (χ0) is 29.2. The fraction of sp³-hybridized carbons (Fsp3) is 0.526. The molecule has 0 unspecified atom stereocenters. The van der Waals surface area contributed by atoms with Crippen LogP contribution in [0.1, 0.15) is 102 Å². The summed E-state index contributed by atoms with van der Waals surface area (Å²) in [5.74, 6) is 0. The number of fused-ring (bicyclic) bond motifs is 2. The summed E-state index contributed by atoms with van der Waals surface area (Å²) in [4.78, 5) is 15.4. The molecule has 4 nitrogen and oxygen atoms in total. The van der Waals surface area contributed by atoms with Crippen molar-refractivity contribution in [3.8, 4) is 0 Å². The van der Waals surface area contributed by atoms with Crippen molar-refractivity contribution in [3.05, 3.63) is 84.2 Å². The molecular weight excluding hydrogens is 512 g/mol. The van der Waals surface area contributed by atoms with Crippen molar-refractivity contribution in [2.45, 2.75) is 104 Å². The van der Waals surface area contributed by atoms with E-state index in [1.54, 1.807) is 0 Å². The molecule has 0 amide bonds. The van der Waals surface area contributed by atoms with Crippen LogP contribution in [-0.4, -0.2) is 45.9 Å². The van der Waals surface area contributed by atoms with Crippen LogP contribution in [-0.2, 0) is 13.1 Å². The first-order valence-electron chi connectivity index (χ1n) is 16.9. The monoisotopic (exact) mass is 566 g/mol. The van der Waals surface area contributed by atoms with E-state index in [0.717, 1.165) is 50.3 Å². The number of para-hydroxylation sites is 2. The number of pyridine rings is 2. The van der Waals surface area contributed by atoms with Crippen molar-refractivity contribution >= 4 is 21.8 Å². The summed E-state index contributed by atoms with van der Waals surface area (Å²) in [7, 11) is 0. The lowest BCUT2D eigenvalue weighted by molar-refractivity contribution is 0.186. The van der Waals surface area contributed by atoms with Gasteiger partial charge in [-0.2, -0.15) is 0 Å². The molecule has 4 rings (SSSR count). The van der Waals surface area contributed by atoms with Crippen LogP contribution in [0.25, 0.3) is 21.8 Å². The Morgan fingerprint density at radius 1 is 0.429 bits per heavy atom. The molecule has 226 valence electrons. The summed E-state index contributed by atoms with van der Waals surface area (Å²) < 4.78 is 0. The van der Waals surface area contributed by atoms with E-state index >= 15 is 0 Å². The van der Waals surface area contributed by atoms with Crippen LogP contribution in [0.2, 0.25) is 0 Å². The SMILES string of the molecule is CCCCCCCCN(CCN(CCCCCCCC)Cc1ccc2ccccc2n1)Cc1ccc2ccccc2n1. The predicted molar refractivity (Wildman–Crippen MR) is 181 cm³/mol. The first-order chi connectivity index (χ1) is 20.7. The Balaban J connectivity index is 1.40. The van der Waals surface area contributed by atoms with Crippen LogP contribution >= 0.6 is 0 Å². The molecule has 42 heavy (non-hydrogen) atoms. The molecular formula is C38H54N4. The molecule has 0 aliphatic rings. The largest absolute Gasteiger partial charge is 0.296 e. The van der Waals surface area contributed by atoms with Crippen LogP contribution in [0.3, 0.4) is 0 Å². The van der Waals surface area contributed by atoms with Crippen LogP contribution in [0.4, 0.5) is 0 Å². The first-order valence-corrected chi connectivity index (χ1v) is 16.9. The van der Waals surface area contributed by atoms with Crippen LogP contribution < -0.4 is 0 Å². The molecule has 2 aromatic heterocycles. The first kappa shape index (κ1) is 32.1. The summed E-state index contributed by atoms with van der Waals surface area (Å²) in [6.07, 6.45) is 16.0. The van der Waals surface area contributed by atoms with Gasteiger partial charge in [0.15, 0.2) is 0 Å². The Kier molecular flexibility index (Phi) is 14.3. The Labute approximate surface area is 255 Å². The number of hydrogen-bond donors (Lipinski definition) is 0. The second-order valence-corrected chi connectivity index (χ2v) is 12.1. The van der Waals surface area contributed by atoms with Crippen LogP contribution in [0, 0.1) is 0 Å². The average molecular weight is 567 g/mol. The fourth-order valence-corrected chi connectivity index (χ4v) is 5.90. The number of rotatable bonds is 21. The third-order valence-electron chi connectivity index (χ3n) is 8.47. The zero-order valence-corrected chi connectivity index (χ0v) is 26.4. The quantitative estimate of drug-likeness (QED) is 0.0940. The molecule has 4 heteroatoms. The van der Waals surface area contributed by atoms with Crippen molar-refractivity contribution in [1.29, 1.82) is 0 Å². The van der Waals surface area contributed by atoms with E-state index in [1.807, 2.05) is 0 Å². The minimum Gasteiger partial charge on any atom is -0.296 e. The van der Waals surface area contributed by atoms with Crippen molar-refractivity contribution < 1.29 is 0 Å². The summed E-state index contributed by atoms with van der Waals surface area (Å²) in [5, 5.41) is 2.44. The van der Waals surface area contributed by atoms with E-state index in [4.69, 9.17) is 9.97 Å². The van der Waals surface area contributed by atoms with Gasteiger partial charge in [-0.1, -0.05) is 127 Å². The van der Waals surface area contributed by atoms with Gasteiger partial charge in [-0.25, -0.2) is 0 Å². The van der Waals surface area contributed by atoms with Gasteiger partial charge in [0.25, 0.3) is 0 Å². The minimum absolute atomic E-state index is 0.916. The number of unbranched alkanes of at least 4 members (excludes halogenated alkanes) is 10. The molecule has 0 bridgehead atoms. The molecule has 0 saturated heterocycles. The molecule has 0 fully saturated rings. The fourth-order valence-electron chi connectivity index (χ4n) is 5.90. The van der Waals surface area contributed by atoms with E-state index < -0.39 is 0 Å². The maximum absolute atomic E-state index is 5.03. The third kappa shape index (κ3) is 11.1. The normalized spacial score (nSPS) is 11.8. The Bertz CT molecular complexity index is 1200.